The summed E-state index contributed by atoms with van der Waals surface area (Å²) in [6.07, 6.45) is 5.00. The van der Waals surface area contributed by atoms with Crippen LogP contribution in [-0.4, -0.2) is 42.4 Å². The maximum Gasteiger partial charge on any atom is 0.323 e. The smallest absolute Gasteiger partial charge is 0.323 e. The van der Waals surface area contributed by atoms with E-state index in [9.17, 15) is 0 Å². The van der Waals surface area contributed by atoms with Crippen LogP contribution in [0.2, 0.25) is 0 Å². The first-order valence-electron chi connectivity index (χ1n) is 6.74. The van der Waals surface area contributed by atoms with E-state index in [2.05, 4.69) is 37.3 Å². The number of anilines is 1. The van der Waals surface area contributed by atoms with Gasteiger partial charge in [0.05, 0.1) is 6.10 Å². The molecule has 0 saturated carbocycles. The number of rotatable bonds is 7. The highest BCUT2D eigenvalue weighted by molar-refractivity contribution is 5.29. The minimum atomic E-state index is 0.0560. The fourth-order valence-electron chi connectivity index (χ4n) is 1.70. The standard InChI is InChI=1S/C12H19N7O/c1-4-6-9(3)20-12-17-10(14-5-2)16-11(18-12)19-8-13-7-15-19/h7-9H,4-6H2,1-3H3,(H,14,16,17,18). The summed E-state index contributed by atoms with van der Waals surface area (Å²) in [6, 6.07) is 0.294. The number of hydrogen-bond donors (Lipinski definition) is 1. The highest BCUT2D eigenvalue weighted by atomic mass is 16.5. The fraction of sp³-hybridized carbons (Fsp3) is 0.583. The van der Waals surface area contributed by atoms with Crippen molar-refractivity contribution in [3.8, 4) is 12.0 Å². The van der Waals surface area contributed by atoms with E-state index in [1.807, 2.05) is 13.8 Å². The molecule has 20 heavy (non-hydrogen) atoms. The lowest BCUT2D eigenvalue weighted by Gasteiger charge is -2.13. The van der Waals surface area contributed by atoms with Crippen LogP contribution in [-0.2, 0) is 0 Å². The van der Waals surface area contributed by atoms with E-state index in [0.29, 0.717) is 24.5 Å². The molecule has 8 nitrogen and oxygen atoms in total. The number of nitrogens with one attached hydrogen (secondary N) is 1. The Morgan fingerprint density at radius 2 is 2.15 bits per heavy atom. The Bertz CT molecular complexity index is 529. The second-order valence-corrected chi connectivity index (χ2v) is 4.33. The molecule has 0 saturated heterocycles. The Balaban J connectivity index is 2.26. The van der Waals surface area contributed by atoms with Crippen molar-refractivity contribution in [2.24, 2.45) is 0 Å². The maximum atomic E-state index is 5.72. The molecule has 2 aromatic heterocycles. The van der Waals surface area contributed by atoms with Crippen molar-refractivity contribution in [2.75, 3.05) is 11.9 Å². The average molecular weight is 277 g/mol. The molecule has 0 aliphatic carbocycles. The van der Waals surface area contributed by atoms with Crippen LogP contribution < -0.4 is 10.1 Å². The van der Waals surface area contributed by atoms with Gasteiger partial charge in [0.25, 0.3) is 5.95 Å². The van der Waals surface area contributed by atoms with Crippen molar-refractivity contribution in [3.05, 3.63) is 12.7 Å². The van der Waals surface area contributed by atoms with Gasteiger partial charge in [-0.05, 0) is 20.3 Å². The lowest BCUT2D eigenvalue weighted by molar-refractivity contribution is 0.192. The first-order valence-corrected chi connectivity index (χ1v) is 6.74. The van der Waals surface area contributed by atoms with Gasteiger partial charge in [-0.3, -0.25) is 0 Å². The molecule has 2 heterocycles. The summed E-state index contributed by atoms with van der Waals surface area (Å²) < 4.78 is 7.19. The first-order chi connectivity index (χ1) is 9.72. The van der Waals surface area contributed by atoms with Gasteiger partial charge in [-0.25, -0.2) is 4.98 Å². The van der Waals surface area contributed by atoms with Crippen LogP contribution in [0.3, 0.4) is 0 Å². The quantitative estimate of drug-likeness (QED) is 0.819. The molecule has 2 rings (SSSR count). The summed E-state index contributed by atoms with van der Waals surface area (Å²) >= 11 is 0. The average Bonchev–Trinajstić information content (AvgIpc) is 2.93. The van der Waals surface area contributed by atoms with Gasteiger partial charge in [-0.1, -0.05) is 13.3 Å². The largest absolute Gasteiger partial charge is 0.460 e. The third-order valence-corrected chi connectivity index (χ3v) is 2.56. The molecule has 0 bridgehead atoms. The highest BCUT2D eigenvalue weighted by Gasteiger charge is 2.12. The molecule has 0 spiro atoms. The van der Waals surface area contributed by atoms with Crippen molar-refractivity contribution in [1.29, 1.82) is 0 Å². The number of hydrogen-bond acceptors (Lipinski definition) is 7. The van der Waals surface area contributed by atoms with E-state index >= 15 is 0 Å². The van der Waals surface area contributed by atoms with Crippen LogP contribution in [0.5, 0.6) is 6.01 Å². The summed E-state index contributed by atoms with van der Waals surface area (Å²) in [5.41, 5.74) is 0. The molecule has 2 aromatic rings. The fourth-order valence-corrected chi connectivity index (χ4v) is 1.70. The molecule has 8 heteroatoms. The topological polar surface area (TPSA) is 90.6 Å². The molecule has 1 N–H and O–H groups in total. The Morgan fingerprint density at radius 1 is 1.30 bits per heavy atom. The monoisotopic (exact) mass is 277 g/mol. The molecule has 108 valence electrons. The zero-order valence-corrected chi connectivity index (χ0v) is 11.9. The van der Waals surface area contributed by atoms with E-state index in [-0.39, 0.29) is 6.10 Å². The maximum absolute atomic E-state index is 5.72. The predicted molar refractivity (Wildman–Crippen MR) is 73.9 cm³/mol. The van der Waals surface area contributed by atoms with Crippen LogP contribution in [0.15, 0.2) is 12.7 Å². The molecule has 0 aliphatic heterocycles. The number of ether oxygens (including phenoxy) is 1. The molecule has 0 fully saturated rings. The first kappa shape index (κ1) is 14.2. The van der Waals surface area contributed by atoms with E-state index in [4.69, 9.17) is 4.74 Å². The molecule has 1 unspecified atom stereocenters. The zero-order chi connectivity index (χ0) is 14.4. The highest BCUT2D eigenvalue weighted by Crippen LogP contribution is 2.13. The Hall–Kier alpha value is -2.25. The third-order valence-electron chi connectivity index (χ3n) is 2.56. The van der Waals surface area contributed by atoms with Crippen LogP contribution in [0.25, 0.3) is 5.95 Å². The molecule has 0 amide bonds. The van der Waals surface area contributed by atoms with Crippen LogP contribution in [0.1, 0.15) is 33.6 Å². The van der Waals surface area contributed by atoms with Crippen molar-refractivity contribution in [2.45, 2.75) is 39.7 Å². The van der Waals surface area contributed by atoms with Gasteiger partial charge in [0, 0.05) is 6.54 Å². The van der Waals surface area contributed by atoms with E-state index in [0.717, 1.165) is 12.8 Å². The molecular formula is C12H19N7O. The van der Waals surface area contributed by atoms with Crippen molar-refractivity contribution in [3.63, 3.8) is 0 Å². The zero-order valence-electron chi connectivity index (χ0n) is 11.9. The Labute approximate surface area is 117 Å². The summed E-state index contributed by atoms with van der Waals surface area (Å²) in [5.74, 6) is 0.846. The van der Waals surface area contributed by atoms with E-state index in [1.165, 1.54) is 17.3 Å². The van der Waals surface area contributed by atoms with Gasteiger partial charge in [-0.15, -0.1) is 0 Å². The minimum absolute atomic E-state index is 0.0560. The lowest BCUT2D eigenvalue weighted by atomic mass is 10.2. The van der Waals surface area contributed by atoms with Crippen molar-refractivity contribution < 1.29 is 4.74 Å². The van der Waals surface area contributed by atoms with Crippen LogP contribution >= 0.6 is 0 Å². The molecular weight excluding hydrogens is 258 g/mol. The summed E-state index contributed by atoms with van der Waals surface area (Å²) in [5, 5.41) is 7.07. The van der Waals surface area contributed by atoms with Crippen LogP contribution in [0, 0.1) is 0 Å². The molecule has 0 aliphatic rings. The Morgan fingerprint density at radius 3 is 2.80 bits per heavy atom. The molecule has 0 aromatic carbocycles. The number of nitrogens with zero attached hydrogens (tertiary/aromatic N) is 6. The second-order valence-electron chi connectivity index (χ2n) is 4.33. The van der Waals surface area contributed by atoms with E-state index < -0.39 is 0 Å². The number of aromatic nitrogens is 6. The predicted octanol–water partition coefficient (Wildman–Crippen LogP) is 1.45. The van der Waals surface area contributed by atoms with Gasteiger partial charge in [0.15, 0.2) is 0 Å². The normalized spacial score (nSPS) is 12.2. The van der Waals surface area contributed by atoms with Gasteiger partial charge in [0.1, 0.15) is 12.7 Å². The van der Waals surface area contributed by atoms with Crippen molar-refractivity contribution >= 4 is 5.95 Å². The Kier molecular flexibility index (Phi) is 4.80. The SMILES string of the molecule is CCCC(C)Oc1nc(NCC)nc(-n2cncn2)n1. The van der Waals surface area contributed by atoms with Gasteiger partial charge >= 0.3 is 6.01 Å². The third kappa shape index (κ3) is 3.62. The van der Waals surface area contributed by atoms with Crippen LogP contribution in [0.4, 0.5) is 5.95 Å². The lowest BCUT2D eigenvalue weighted by Crippen LogP contribution is -2.16. The molecule has 1 atom stereocenters. The summed E-state index contributed by atoms with van der Waals surface area (Å²) in [4.78, 5) is 16.6. The molecule has 0 radical (unpaired) electrons. The van der Waals surface area contributed by atoms with E-state index in [1.54, 1.807) is 0 Å². The minimum Gasteiger partial charge on any atom is -0.460 e. The van der Waals surface area contributed by atoms with Gasteiger partial charge in [-0.2, -0.15) is 24.7 Å². The van der Waals surface area contributed by atoms with Gasteiger partial charge in [0.2, 0.25) is 5.95 Å². The second kappa shape index (κ2) is 6.78. The summed E-state index contributed by atoms with van der Waals surface area (Å²) in [7, 11) is 0. The summed E-state index contributed by atoms with van der Waals surface area (Å²) in [6.45, 7) is 6.79. The van der Waals surface area contributed by atoms with Crippen molar-refractivity contribution in [1.82, 2.24) is 29.7 Å². The van der Waals surface area contributed by atoms with Gasteiger partial charge < -0.3 is 10.1 Å².